The number of alkyl halides is 1. The van der Waals surface area contributed by atoms with Crippen LogP contribution in [0.3, 0.4) is 0 Å². The molecule has 1 aromatic carbocycles. The number of ether oxygens (including phenoxy) is 1. The quantitative estimate of drug-likeness (QED) is 0.802. The van der Waals surface area contributed by atoms with Gasteiger partial charge < -0.3 is 10.1 Å². The Hall–Kier alpha value is -1.22. The third-order valence-electron chi connectivity index (χ3n) is 2.48. The Balaban J connectivity index is 2.32. The highest BCUT2D eigenvalue weighted by Gasteiger charge is 2.13. The third-order valence-corrected chi connectivity index (χ3v) is 2.85. The third kappa shape index (κ3) is 5.92. The number of rotatable bonds is 6. The van der Waals surface area contributed by atoms with Crippen LogP contribution >= 0.6 is 11.6 Å². The summed E-state index contributed by atoms with van der Waals surface area (Å²) in [6, 6.07) is 9.56. The summed E-state index contributed by atoms with van der Waals surface area (Å²) < 4.78 is 5.13. The van der Waals surface area contributed by atoms with Crippen molar-refractivity contribution in [1.82, 2.24) is 5.32 Å². The number of hydrogen-bond acceptors (Lipinski definition) is 2. The fourth-order valence-electron chi connectivity index (χ4n) is 1.66. The van der Waals surface area contributed by atoms with Gasteiger partial charge in [0.05, 0.1) is 0 Å². The van der Waals surface area contributed by atoms with E-state index in [-0.39, 0.29) is 12.6 Å². The van der Waals surface area contributed by atoms with Crippen molar-refractivity contribution in [3.05, 3.63) is 35.9 Å². The largest absolute Gasteiger partial charge is 0.445 e. The zero-order valence-corrected chi connectivity index (χ0v) is 11.6. The van der Waals surface area contributed by atoms with Gasteiger partial charge in [0.1, 0.15) is 6.61 Å². The first-order valence-corrected chi connectivity index (χ1v) is 6.68. The predicted molar refractivity (Wildman–Crippen MR) is 73.7 cm³/mol. The highest BCUT2D eigenvalue weighted by atomic mass is 35.5. The second-order valence-corrected chi connectivity index (χ2v) is 5.00. The summed E-state index contributed by atoms with van der Waals surface area (Å²) >= 11 is 5.80. The van der Waals surface area contributed by atoms with Gasteiger partial charge in [-0.15, -0.1) is 11.6 Å². The minimum absolute atomic E-state index is 0.0325. The van der Waals surface area contributed by atoms with E-state index < -0.39 is 6.09 Å². The van der Waals surface area contributed by atoms with E-state index in [9.17, 15) is 4.79 Å². The highest BCUT2D eigenvalue weighted by molar-refractivity contribution is 6.18. The monoisotopic (exact) mass is 269 g/mol. The number of benzene rings is 1. The summed E-state index contributed by atoms with van der Waals surface area (Å²) in [7, 11) is 0. The molecule has 0 radical (unpaired) electrons. The maximum atomic E-state index is 11.6. The first kappa shape index (κ1) is 14.8. The molecule has 3 nitrogen and oxygen atoms in total. The molecule has 1 rings (SSSR count). The van der Waals surface area contributed by atoms with Crippen LogP contribution in [0.1, 0.15) is 25.8 Å². The summed E-state index contributed by atoms with van der Waals surface area (Å²) in [6.45, 7) is 4.47. The van der Waals surface area contributed by atoms with Crippen LogP contribution in [-0.2, 0) is 11.3 Å². The summed E-state index contributed by atoms with van der Waals surface area (Å²) in [5.41, 5.74) is 0.971. The standard InChI is InChI=1S/C14H20ClNO2/c1-11(2)8-13(9-15)16-14(17)18-10-12-6-4-3-5-7-12/h3-7,11,13H,8-10H2,1-2H3,(H,16,17)/t13-/m0/s1. The van der Waals surface area contributed by atoms with Gasteiger partial charge in [-0.05, 0) is 17.9 Å². The molecule has 0 aromatic heterocycles. The first-order chi connectivity index (χ1) is 8.61. The predicted octanol–water partition coefficient (Wildman–Crippen LogP) is 3.57. The van der Waals surface area contributed by atoms with Crippen LogP contribution in [-0.4, -0.2) is 18.0 Å². The van der Waals surface area contributed by atoms with Gasteiger partial charge in [-0.3, -0.25) is 0 Å². The summed E-state index contributed by atoms with van der Waals surface area (Å²) in [5, 5.41) is 2.78. The first-order valence-electron chi connectivity index (χ1n) is 6.15. The van der Waals surface area contributed by atoms with E-state index >= 15 is 0 Å². The van der Waals surface area contributed by atoms with E-state index in [4.69, 9.17) is 16.3 Å². The molecule has 0 heterocycles. The molecule has 1 N–H and O–H groups in total. The molecule has 0 fully saturated rings. The lowest BCUT2D eigenvalue weighted by Crippen LogP contribution is -2.37. The van der Waals surface area contributed by atoms with Gasteiger partial charge in [0.25, 0.3) is 0 Å². The Morgan fingerprint density at radius 3 is 2.56 bits per heavy atom. The molecule has 4 heteroatoms. The van der Waals surface area contributed by atoms with Crippen molar-refractivity contribution in [2.75, 3.05) is 5.88 Å². The van der Waals surface area contributed by atoms with E-state index in [1.165, 1.54) is 0 Å². The molecule has 0 aliphatic carbocycles. The molecule has 0 bridgehead atoms. The van der Waals surface area contributed by atoms with Gasteiger partial charge in [0, 0.05) is 11.9 Å². The summed E-state index contributed by atoms with van der Waals surface area (Å²) in [6.07, 6.45) is 0.439. The Morgan fingerprint density at radius 1 is 1.33 bits per heavy atom. The number of nitrogens with one attached hydrogen (secondary N) is 1. The van der Waals surface area contributed by atoms with Gasteiger partial charge in [-0.2, -0.15) is 0 Å². The highest BCUT2D eigenvalue weighted by Crippen LogP contribution is 2.07. The topological polar surface area (TPSA) is 38.3 Å². The summed E-state index contributed by atoms with van der Waals surface area (Å²) in [5.74, 6) is 0.890. The molecule has 0 spiro atoms. The Labute approximate surface area is 113 Å². The van der Waals surface area contributed by atoms with Gasteiger partial charge in [0.15, 0.2) is 0 Å². The van der Waals surface area contributed by atoms with Crippen LogP contribution in [0, 0.1) is 5.92 Å². The number of amides is 1. The summed E-state index contributed by atoms with van der Waals surface area (Å²) in [4.78, 5) is 11.6. The smallest absolute Gasteiger partial charge is 0.407 e. The zero-order valence-electron chi connectivity index (χ0n) is 10.9. The Morgan fingerprint density at radius 2 is 2.00 bits per heavy atom. The molecule has 0 unspecified atom stereocenters. The minimum Gasteiger partial charge on any atom is -0.445 e. The van der Waals surface area contributed by atoms with Crippen LogP contribution < -0.4 is 5.32 Å². The number of carbonyl (C=O) groups excluding carboxylic acids is 1. The van der Waals surface area contributed by atoms with Crippen LogP contribution in [0.5, 0.6) is 0 Å². The van der Waals surface area contributed by atoms with E-state index in [1.54, 1.807) is 0 Å². The van der Waals surface area contributed by atoms with Crippen LogP contribution in [0.4, 0.5) is 4.79 Å². The van der Waals surface area contributed by atoms with Gasteiger partial charge >= 0.3 is 6.09 Å². The lowest BCUT2D eigenvalue weighted by Gasteiger charge is -2.17. The molecule has 1 amide bonds. The fourth-order valence-corrected chi connectivity index (χ4v) is 1.86. The lowest BCUT2D eigenvalue weighted by atomic mass is 10.1. The molecule has 1 aromatic rings. The van der Waals surface area contributed by atoms with E-state index in [0.717, 1.165) is 12.0 Å². The number of hydrogen-bond donors (Lipinski definition) is 1. The van der Waals surface area contributed by atoms with E-state index in [0.29, 0.717) is 11.8 Å². The van der Waals surface area contributed by atoms with Crippen LogP contribution in [0.2, 0.25) is 0 Å². The molecule has 18 heavy (non-hydrogen) atoms. The molecule has 100 valence electrons. The van der Waals surface area contributed by atoms with Crippen molar-refractivity contribution in [1.29, 1.82) is 0 Å². The Bertz CT molecular complexity index is 354. The molecule has 0 aliphatic heterocycles. The van der Waals surface area contributed by atoms with Crippen molar-refractivity contribution in [2.24, 2.45) is 5.92 Å². The maximum Gasteiger partial charge on any atom is 0.407 e. The van der Waals surface area contributed by atoms with Crippen molar-refractivity contribution in [2.45, 2.75) is 32.9 Å². The normalized spacial score (nSPS) is 12.2. The molecular formula is C14H20ClNO2. The van der Waals surface area contributed by atoms with Crippen molar-refractivity contribution in [3.63, 3.8) is 0 Å². The minimum atomic E-state index is -0.412. The molecule has 1 atom stereocenters. The van der Waals surface area contributed by atoms with E-state index in [1.807, 2.05) is 30.3 Å². The van der Waals surface area contributed by atoms with Crippen LogP contribution in [0.15, 0.2) is 30.3 Å². The lowest BCUT2D eigenvalue weighted by molar-refractivity contribution is 0.135. The van der Waals surface area contributed by atoms with Crippen LogP contribution in [0.25, 0.3) is 0 Å². The average molecular weight is 270 g/mol. The fraction of sp³-hybridized carbons (Fsp3) is 0.500. The second kappa shape index (κ2) is 7.98. The Kier molecular flexibility index (Phi) is 6.58. The molecule has 0 aliphatic rings. The van der Waals surface area contributed by atoms with Crippen molar-refractivity contribution < 1.29 is 9.53 Å². The van der Waals surface area contributed by atoms with Gasteiger partial charge in [-0.1, -0.05) is 44.2 Å². The number of alkyl carbamates (subject to hydrolysis) is 1. The second-order valence-electron chi connectivity index (χ2n) is 4.69. The number of halogens is 1. The van der Waals surface area contributed by atoms with Crippen molar-refractivity contribution >= 4 is 17.7 Å². The molecule has 0 saturated heterocycles. The maximum absolute atomic E-state index is 11.6. The average Bonchev–Trinajstić information content (AvgIpc) is 2.36. The number of carbonyl (C=O) groups is 1. The van der Waals surface area contributed by atoms with Gasteiger partial charge in [0.2, 0.25) is 0 Å². The van der Waals surface area contributed by atoms with Crippen molar-refractivity contribution in [3.8, 4) is 0 Å². The molecular weight excluding hydrogens is 250 g/mol. The SMILES string of the molecule is CC(C)C[C@@H](CCl)NC(=O)OCc1ccccc1. The molecule has 0 saturated carbocycles. The zero-order chi connectivity index (χ0) is 13.4. The van der Waals surface area contributed by atoms with Gasteiger partial charge in [-0.25, -0.2) is 4.79 Å². The van der Waals surface area contributed by atoms with E-state index in [2.05, 4.69) is 19.2 Å².